The molecule has 2 amide bonds. The first-order valence-corrected chi connectivity index (χ1v) is 10.8. The fourth-order valence-corrected chi connectivity index (χ4v) is 3.65. The molecule has 0 radical (unpaired) electrons. The first kappa shape index (κ1) is 22.1. The smallest absolute Gasteiger partial charge is 0.328 e. The van der Waals surface area contributed by atoms with Crippen molar-refractivity contribution in [2.24, 2.45) is 0 Å². The number of amides is 2. The number of nitrogens with zero attached hydrogens (tertiary/aromatic N) is 2. The quantitative estimate of drug-likeness (QED) is 0.639. The van der Waals surface area contributed by atoms with E-state index in [9.17, 15) is 22.8 Å². The van der Waals surface area contributed by atoms with Gasteiger partial charge >= 0.3 is 5.97 Å². The number of ether oxygens (including phenoxy) is 1. The summed E-state index contributed by atoms with van der Waals surface area (Å²) in [6.45, 7) is 1.80. The lowest BCUT2D eigenvalue weighted by Gasteiger charge is -2.33. The van der Waals surface area contributed by atoms with Gasteiger partial charge in [0, 0.05) is 26.2 Å². The zero-order valence-electron chi connectivity index (χ0n) is 15.6. The fourth-order valence-electron chi connectivity index (χ4n) is 2.60. The average Bonchev–Trinajstić information content (AvgIpc) is 2.65. The minimum Gasteiger partial charge on any atom is -0.454 e. The van der Waals surface area contributed by atoms with Crippen LogP contribution in [0.1, 0.15) is 17.3 Å². The molecule has 9 nitrogen and oxygen atoms in total. The molecule has 1 saturated heterocycles. The Labute approximate surface area is 168 Å². The maximum absolute atomic E-state index is 12.1. The van der Waals surface area contributed by atoms with Gasteiger partial charge in [0.05, 0.1) is 16.8 Å². The third-order valence-corrected chi connectivity index (χ3v) is 5.85. The molecule has 2 rings (SSSR count). The van der Waals surface area contributed by atoms with E-state index in [1.807, 2.05) is 0 Å². The SMILES string of the molecule is C[C@H](NC(=O)c1ccccc1Cl)C(=O)OCC(=O)N1CCN(S(C)(=O)=O)CC1. The van der Waals surface area contributed by atoms with Gasteiger partial charge in [-0.2, -0.15) is 4.31 Å². The number of sulfonamides is 1. The summed E-state index contributed by atoms with van der Waals surface area (Å²) in [4.78, 5) is 37.8. The van der Waals surface area contributed by atoms with E-state index in [0.29, 0.717) is 0 Å². The van der Waals surface area contributed by atoms with Gasteiger partial charge < -0.3 is 15.0 Å². The second kappa shape index (κ2) is 9.35. The van der Waals surface area contributed by atoms with Crippen LogP contribution in [0.25, 0.3) is 0 Å². The molecule has 0 bridgehead atoms. The molecule has 1 aromatic carbocycles. The Hall–Kier alpha value is -2.17. The van der Waals surface area contributed by atoms with Crippen molar-refractivity contribution >= 4 is 39.4 Å². The molecule has 1 heterocycles. The van der Waals surface area contributed by atoms with Crippen molar-refractivity contribution in [3.63, 3.8) is 0 Å². The number of halogens is 1. The minimum absolute atomic E-state index is 0.197. The predicted molar refractivity (Wildman–Crippen MR) is 102 cm³/mol. The number of rotatable bonds is 6. The minimum atomic E-state index is -3.29. The fraction of sp³-hybridized carbons (Fsp3) is 0.471. The first-order chi connectivity index (χ1) is 13.1. The summed E-state index contributed by atoms with van der Waals surface area (Å²) >= 11 is 5.94. The Balaban J connectivity index is 1.79. The lowest BCUT2D eigenvalue weighted by Crippen LogP contribution is -2.51. The molecule has 1 aromatic rings. The molecule has 0 spiro atoms. The number of hydrogen-bond acceptors (Lipinski definition) is 6. The van der Waals surface area contributed by atoms with Crippen LogP contribution in [0.15, 0.2) is 24.3 Å². The highest BCUT2D eigenvalue weighted by atomic mass is 35.5. The summed E-state index contributed by atoms with van der Waals surface area (Å²) in [7, 11) is -3.29. The van der Waals surface area contributed by atoms with E-state index in [2.05, 4.69) is 5.32 Å². The zero-order valence-corrected chi connectivity index (χ0v) is 17.1. The van der Waals surface area contributed by atoms with Crippen molar-refractivity contribution in [3.05, 3.63) is 34.9 Å². The monoisotopic (exact) mass is 431 g/mol. The largest absolute Gasteiger partial charge is 0.454 e. The molecular weight excluding hydrogens is 410 g/mol. The van der Waals surface area contributed by atoms with Crippen LogP contribution in [0.5, 0.6) is 0 Å². The standard InChI is InChI=1S/C17H22ClN3O6S/c1-12(19-16(23)13-5-3-4-6-14(13)18)17(24)27-11-15(22)20-7-9-21(10-8-20)28(2,25)26/h3-6,12H,7-11H2,1-2H3,(H,19,23)/t12-/m0/s1. The third-order valence-electron chi connectivity index (χ3n) is 4.22. The Bertz CT molecular complexity index is 852. The maximum Gasteiger partial charge on any atom is 0.328 e. The Morgan fingerprint density at radius 1 is 1.18 bits per heavy atom. The normalized spacial score (nSPS) is 16.3. The maximum atomic E-state index is 12.1. The lowest BCUT2D eigenvalue weighted by atomic mass is 10.2. The number of carbonyl (C=O) groups excluding carboxylic acids is 3. The number of benzene rings is 1. The molecule has 1 fully saturated rings. The summed E-state index contributed by atoms with van der Waals surface area (Å²) in [6, 6.07) is 5.43. The van der Waals surface area contributed by atoms with Gasteiger partial charge in [-0.3, -0.25) is 9.59 Å². The summed E-state index contributed by atoms with van der Waals surface area (Å²) < 4.78 is 29.2. The van der Waals surface area contributed by atoms with Crippen molar-refractivity contribution in [1.29, 1.82) is 0 Å². The zero-order chi connectivity index (χ0) is 20.9. The topological polar surface area (TPSA) is 113 Å². The number of carbonyl (C=O) groups is 3. The Kier molecular flexibility index (Phi) is 7.39. The van der Waals surface area contributed by atoms with Crippen LogP contribution in [0.4, 0.5) is 0 Å². The van der Waals surface area contributed by atoms with Crippen LogP contribution < -0.4 is 5.32 Å². The van der Waals surface area contributed by atoms with Gasteiger partial charge in [-0.05, 0) is 19.1 Å². The molecule has 1 aliphatic rings. The van der Waals surface area contributed by atoms with Crippen molar-refractivity contribution in [3.8, 4) is 0 Å². The summed E-state index contributed by atoms with van der Waals surface area (Å²) in [5, 5.41) is 2.72. The Morgan fingerprint density at radius 2 is 1.79 bits per heavy atom. The molecule has 0 unspecified atom stereocenters. The summed E-state index contributed by atoms with van der Waals surface area (Å²) in [5.74, 6) is -1.71. The van der Waals surface area contributed by atoms with Gasteiger partial charge in [-0.1, -0.05) is 23.7 Å². The van der Waals surface area contributed by atoms with Crippen LogP contribution in [0.2, 0.25) is 5.02 Å². The molecule has 0 saturated carbocycles. The van der Waals surface area contributed by atoms with Crippen LogP contribution in [0.3, 0.4) is 0 Å². The molecule has 1 N–H and O–H groups in total. The number of piperazine rings is 1. The number of nitrogens with one attached hydrogen (secondary N) is 1. The highest BCUT2D eigenvalue weighted by molar-refractivity contribution is 7.88. The average molecular weight is 432 g/mol. The second-order valence-corrected chi connectivity index (χ2v) is 8.72. The van der Waals surface area contributed by atoms with Gasteiger partial charge in [0.25, 0.3) is 11.8 Å². The van der Waals surface area contributed by atoms with Crippen LogP contribution in [-0.4, -0.2) is 80.5 Å². The van der Waals surface area contributed by atoms with Gasteiger partial charge in [0.1, 0.15) is 6.04 Å². The predicted octanol–water partition coefficient (Wildman–Crippen LogP) is 0.105. The number of esters is 1. The summed E-state index contributed by atoms with van der Waals surface area (Å²) in [6.07, 6.45) is 1.12. The van der Waals surface area contributed by atoms with Gasteiger partial charge in [-0.15, -0.1) is 0 Å². The van der Waals surface area contributed by atoms with E-state index in [-0.39, 0.29) is 36.8 Å². The van der Waals surface area contributed by atoms with E-state index in [1.54, 1.807) is 18.2 Å². The highest BCUT2D eigenvalue weighted by Gasteiger charge is 2.27. The van der Waals surface area contributed by atoms with Crippen molar-refractivity contribution in [2.75, 3.05) is 39.0 Å². The van der Waals surface area contributed by atoms with Crippen LogP contribution in [-0.2, 0) is 24.3 Å². The molecular formula is C17H22ClN3O6S. The summed E-state index contributed by atoms with van der Waals surface area (Å²) in [5.41, 5.74) is 0.226. The van der Waals surface area contributed by atoms with Gasteiger partial charge in [0.15, 0.2) is 6.61 Å². The first-order valence-electron chi connectivity index (χ1n) is 8.54. The second-order valence-electron chi connectivity index (χ2n) is 6.33. The molecule has 0 aromatic heterocycles. The van der Waals surface area contributed by atoms with Crippen molar-refractivity contribution in [1.82, 2.24) is 14.5 Å². The van der Waals surface area contributed by atoms with Gasteiger partial charge in [0.2, 0.25) is 10.0 Å². The van der Waals surface area contributed by atoms with Crippen molar-refractivity contribution in [2.45, 2.75) is 13.0 Å². The molecule has 28 heavy (non-hydrogen) atoms. The molecule has 0 aliphatic carbocycles. The van der Waals surface area contributed by atoms with Gasteiger partial charge in [-0.25, -0.2) is 13.2 Å². The molecule has 11 heteroatoms. The molecule has 1 atom stereocenters. The van der Waals surface area contributed by atoms with Crippen LogP contribution in [0, 0.1) is 0 Å². The van der Waals surface area contributed by atoms with E-state index >= 15 is 0 Å². The lowest BCUT2D eigenvalue weighted by molar-refractivity contribution is -0.153. The van der Waals surface area contributed by atoms with E-state index in [0.717, 1.165) is 6.26 Å². The molecule has 154 valence electrons. The van der Waals surface area contributed by atoms with Crippen molar-refractivity contribution < 1.29 is 27.5 Å². The molecule has 1 aliphatic heterocycles. The number of hydrogen-bond donors (Lipinski definition) is 1. The van der Waals surface area contributed by atoms with E-state index < -0.39 is 40.5 Å². The highest BCUT2D eigenvalue weighted by Crippen LogP contribution is 2.14. The van der Waals surface area contributed by atoms with E-state index in [4.69, 9.17) is 16.3 Å². The van der Waals surface area contributed by atoms with E-state index in [1.165, 1.54) is 22.2 Å². The van der Waals surface area contributed by atoms with Crippen LogP contribution >= 0.6 is 11.6 Å². The Morgan fingerprint density at radius 3 is 2.36 bits per heavy atom. The third kappa shape index (κ3) is 5.91.